The summed E-state index contributed by atoms with van der Waals surface area (Å²) in [6.45, 7) is 11.3. The van der Waals surface area contributed by atoms with Crippen molar-refractivity contribution in [2.75, 3.05) is 0 Å². The van der Waals surface area contributed by atoms with Gasteiger partial charge in [-0.1, -0.05) is 19.9 Å². The molecule has 3 nitrogen and oxygen atoms in total. The SMILES string of the molecule is Cc1cc(C)c(C)c(Oc2ccncc2CNC(C)C)c1. The Kier molecular flexibility index (Phi) is 4.97. The highest BCUT2D eigenvalue weighted by atomic mass is 16.5. The lowest BCUT2D eigenvalue weighted by molar-refractivity contribution is 0.464. The van der Waals surface area contributed by atoms with Gasteiger partial charge in [0.05, 0.1) is 0 Å². The molecule has 0 aliphatic rings. The second kappa shape index (κ2) is 6.72. The first-order valence-electron chi connectivity index (χ1n) is 7.39. The molecular weight excluding hydrogens is 260 g/mol. The molecular formula is C18H24N2O. The maximum absolute atomic E-state index is 6.15. The van der Waals surface area contributed by atoms with E-state index in [2.05, 4.69) is 57.1 Å². The first kappa shape index (κ1) is 15.5. The van der Waals surface area contributed by atoms with Crippen LogP contribution < -0.4 is 10.1 Å². The molecule has 112 valence electrons. The molecule has 0 amide bonds. The van der Waals surface area contributed by atoms with Gasteiger partial charge in [-0.3, -0.25) is 4.98 Å². The van der Waals surface area contributed by atoms with Crippen LogP contribution in [0.1, 0.15) is 36.1 Å². The molecule has 0 unspecified atom stereocenters. The lowest BCUT2D eigenvalue weighted by Crippen LogP contribution is -2.22. The fourth-order valence-corrected chi connectivity index (χ4v) is 2.19. The van der Waals surface area contributed by atoms with Crippen LogP contribution in [0.5, 0.6) is 11.5 Å². The summed E-state index contributed by atoms with van der Waals surface area (Å²) in [5.74, 6) is 1.79. The molecule has 21 heavy (non-hydrogen) atoms. The number of rotatable bonds is 5. The predicted octanol–water partition coefficient (Wildman–Crippen LogP) is 4.30. The van der Waals surface area contributed by atoms with Crippen molar-refractivity contribution in [3.05, 3.63) is 52.8 Å². The molecule has 0 aliphatic carbocycles. The summed E-state index contributed by atoms with van der Waals surface area (Å²) in [6, 6.07) is 6.62. The van der Waals surface area contributed by atoms with Crippen molar-refractivity contribution in [2.24, 2.45) is 0 Å². The first-order valence-corrected chi connectivity index (χ1v) is 7.39. The first-order chi connectivity index (χ1) is 9.97. The summed E-state index contributed by atoms with van der Waals surface area (Å²) in [5, 5.41) is 3.41. The molecule has 1 aromatic carbocycles. The monoisotopic (exact) mass is 284 g/mol. The van der Waals surface area contributed by atoms with Crippen LogP contribution >= 0.6 is 0 Å². The number of hydrogen-bond acceptors (Lipinski definition) is 3. The lowest BCUT2D eigenvalue weighted by atomic mass is 10.1. The third kappa shape index (κ3) is 4.05. The number of nitrogens with zero attached hydrogens (tertiary/aromatic N) is 1. The van der Waals surface area contributed by atoms with Gasteiger partial charge in [-0.2, -0.15) is 0 Å². The van der Waals surface area contributed by atoms with Crippen LogP contribution in [0.25, 0.3) is 0 Å². The van der Waals surface area contributed by atoms with Gasteiger partial charge in [0.2, 0.25) is 0 Å². The van der Waals surface area contributed by atoms with Crippen molar-refractivity contribution < 1.29 is 4.74 Å². The van der Waals surface area contributed by atoms with Crippen LogP contribution in [0.15, 0.2) is 30.6 Å². The van der Waals surface area contributed by atoms with Crippen molar-refractivity contribution in [1.29, 1.82) is 0 Å². The second-order valence-electron chi connectivity index (χ2n) is 5.83. The van der Waals surface area contributed by atoms with Gasteiger partial charge in [0.15, 0.2) is 0 Å². The van der Waals surface area contributed by atoms with Crippen molar-refractivity contribution in [3.8, 4) is 11.5 Å². The Hall–Kier alpha value is -1.87. The number of hydrogen-bond donors (Lipinski definition) is 1. The van der Waals surface area contributed by atoms with E-state index < -0.39 is 0 Å². The van der Waals surface area contributed by atoms with E-state index in [1.807, 2.05) is 12.3 Å². The molecule has 0 saturated carbocycles. The second-order valence-corrected chi connectivity index (χ2v) is 5.83. The summed E-state index contributed by atoms with van der Waals surface area (Å²) in [6.07, 6.45) is 3.63. The van der Waals surface area contributed by atoms with Gasteiger partial charge in [0.1, 0.15) is 11.5 Å². The number of aryl methyl sites for hydroxylation is 2. The Morgan fingerprint density at radius 3 is 2.62 bits per heavy atom. The van der Waals surface area contributed by atoms with E-state index in [1.165, 1.54) is 16.7 Å². The molecule has 0 aliphatic heterocycles. The maximum Gasteiger partial charge on any atom is 0.135 e. The van der Waals surface area contributed by atoms with Crippen LogP contribution in [0.3, 0.4) is 0 Å². The van der Waals surface area contributed by atoms with Crippen molar-refractivity contribution in [2.45, 2.75) is 47.2 Å². The highest BCUT2D eigenvalue weighted by Crippen LogP contribution is 2.30. The standard InChI is InChI=1S/C18H24N2O/c1-12(2)20-11-16-10-19-7-6-17(16)21-18-9-13(3)8-14(4)15(18)5/h6-10,12,20H,11H2,1-5H3. The van der Waals surface area contributed by atoms with E-state index >= 15 is 0 Å². The van der Waals surface area contributed by atoms with Gasteiger partial charge in [0, 0.05) is 30.5 Å². The Morgan fingerprint density at radius 2 is 1.90 bits per heavy atom. The normalized spacial score (nSPS) is 11.0. The van der Waals surface area contributed by atoms with Crippen LogP contribution in [-0.4, -0.2) is 11.0 Å². The van der Waals surface area contributed by atoms with Gasteiger partial charge in [-0.05, 0) is 49.6 Å². The Bertz CT molecular complexity index is 621. The van der Waals surface area contributed by atoms with Crippen LogP contribution in [-0.2, 0) is 6.54 Å². The minimum atomic E-state index is 0.431. The molecule has 0 spiro atoms. The van der Waals surface area contributed by atoms with Crippen LogP contribution in [0.4, 0.5) is 0 Å². The number of ether oxygens (including phenoxy) is 1. The quantitative estimate of drug-likeness (QED) is 0.889. The van der Waals surface area contributed by atoms with Crippen LogP contribution in [0, 0.1) is 20.8 Å². The van der Waals surface area contributed by atoms with Gasteiger partial charge in [0.25, 0.3) is 0 Å². The molecule has 1 N–H and O–H groups in total. The Morgan fingerprint density at radius 1 is 1.14 bits per heavy atom. The minimum Gasteiger partial charge on any atom is -0.457 e. The van der Waals surface area contributed by atoms with Crippen LogP contribution in [0.2, 0.25) is 0 Å². The summed E-state index contributed by atoms with van der Waals surface area (Å²) in [4.78, 5) is 4.20. The Labute approximate surface area is 127 Å². The van der Waals surface area contributed by atoms with E-state index in [9.17, 15) is 0 Å². The molecule has 1 heterocycles. The molecule has 2 aromatic rings. The van der Waals surface area contributed by atoms with Crippen molar-refractivity contribution in [3.63, 3.8) is 0 Å². The number of aromatic nitrogens is 1. The molecule has 0 fully saturated rings. The Balaban J connectivity index is 2.27. The van der Waals surface area contributed by atoms with E-state index in [1.54, 1.807) is 6.20 Å². The number of benzene rings is 1. The number of pyridine rings is 1. The topological polar surface area (TPSA) is 34.1 Å². The zero-order valence-electron chi connectivity index (χ0n) is 13.5. The zero-order chi connectivity index (χ0) is 15.4. The molecule has 0 saturated heterocycles. The van der Waals surface area contributed by atoms with Crippen molar-refractivity contribution in [1.82, 2.24) is 10.3 Å². The molecule has 2 rings (SSSR count). The average molecular weight is 284 g/mol. The molecule has 3 heteroatoms. The largest absolute Gasteiger partial charge is 0.457 e. The average Bonchev–Trinajstić information content (AvgIpc) is 2.43. The van der Waals surface area contributed by atoms with E-state index in [-0.39, 0.29) is 0 Å². The maximum atomic E-state index is 6.15. The summed E-state index contributed by atoms with van der Waals surface area (Å²) in [7, 11) is 0. The lowest BCUT2D eigenvalue weighted by Gasteiger charge is -2.15. The molecule has 0 bridgehead atoms. The van der Waals surface area contributed by atoms with Gasteiger partial charge < -0.3 is 10.1 Å². The molecule has 0 atom stereocenters. The van der Waals surface area contributed by atoms with E-state index in [0.29, 0.717) is 6.04 Å². The summed E-state index contributed by atoms with van der Waals surface area (Å²) in [5.41, 5.74) is 4.72. The highest BCUT2D eigenvalue weighted by molar-refractivity contribution is 5.45. The van der Waals surface area contributed by atoms with Gasteiger partial charge in [-0.25, -0.2) is 0 Å². The summed E-state index contributed by atoms with van der Waals surface area (Å²) >= 11 is 0. The molecule has 0 radical (unpaired) electrons. The van der Waals surface area contributed by atoms with E-state index in [0.717, 1.165) is 23.6 Å². The fraction of sp³-hybridized carbons (Fsp3) is 0.389. The van der Waals surface area contributed by atoms with E-state index in [4.69, 9.17) is 4.74 Å². The van der Waals surface area contributed by atoms with Crippen molar-refractivity contribution >= 4 is 0 Å². The summed E-state index contributed by atoms with van der Waals surface area (Å²) < 4.78 is 6.15. The third-order valence-electron chi connectivity index (χ3n) is 3.54. The smallest absolute Gasteiger partial charge is 0.135 e. The third-order valence-corrected chi connectivity index (χ3v) is 3.54. The minimum absolute atomic E-state index is 0.431. The van der Waals surface area contributed by atoms with Gasteiger partial charge in [-0.15, -0.1) is 0 Å². The number of nitrogens with one attached hydrogen (secondary N) is 1. The highest BCUT2D eigenvalue weighted by Gasteiger charge is 2.09. The molecule has 1 aromatic heterocycles. The van der Waals surface area contributed by atoms with Gasteiger partial charge >= 0.3 is 0 Å². The fourth-order valence-electron chi connectivity index (χ4n) is 2.19. The zero-order valence-corrected chi connectivity index (χ0v) is 13.5. The predicted molar refractivity (Wildman–Crippen MR) is 86.9 cm³/mol.